The molecule has 1 saturated carbocycles. The number of halogens is 1. The highest BCUT2D eigenvalue weighted by atomic mass is 35.5. The van der Waals surface area contributed by atoms with Crippen molar-refractivity contribution in [1.29, 1.82) is 0 Å². The smallest absolute Gasteiger partial charge is 0.255 e. The van der Waals surface area contributed by atoms with E-state index in [1.165, 1.54) is 0 Å². The van der Waals surface area contributed by atoms with E-state index in [0.29, 0.717) is 23.2 Å². The van der Waals surface area contributed by atoms with E-state index in [1.807, 2.05) is 49.1 Å². The molecule has 0 bridgehead atoms. The van der Waals surface area contributed by atoms with Crippen LogP contribution in [0, 0.1) is 13.8 Å². The monoisotopic (exact) mass is 314 g/mol. The largest absolute Gasteiger partial charge is 0.330 e. The van der Waals surface area contributed by atoms with Gasteiger partial charge < -0.3 is 4.90 Å². The molecule has 4 heteroatoms. The summed E-state index contributed by atoms with van der Waals surface area (Å²) in [5, 5.41) is 0.528. The Labute approximate surface area is 135 Å². The van der Waals surface area contributed by atoms with E-state index in [0.717, 1.165) is 29.7 Å². The van der Waals surface area contributed by atoms with Crippen molar-refractivity contribution in [3.8, 4) is 0 Å². The van der Waals surface area contributed by atoms with E-state index in [2.05, 4.69) is 4.98 Å². The van der Waals surface area contributed by atoms with Gasteiger partial charge in [-0.1, -0.05) is 17.7 Å². The maximum absolute atomic E-state index is 12.9. The molecule has 22 heavy (non-hydrogen) atoms. The first-order chi connectivity index (χ1) is 10.6. The SMILES string of the molecule is Cc1cc(Cl)c(C(=O)N(Cc2ccccn2)C2CC2)cc1C. The van der Waals surface area contributed by atoms with Crippen LogP contribution in [0.4, 0.5) is 0 Å². The maximum Gasteiger partial charge on any atom is 0.255 e. The average molecular weight is 315 g/mol. The quantitative estimate of drug-likeness (QED) is 0.849. The third-order valence-electron chi connectivity index (χ3n) is 4.12. The molecule has 3 rings (SSSR count). The molecule has 1 aromatic heterocycles. The third-order valence-corrected chi connectivity index (χ3v) is 4.43. The van der Waals surface area contributed by atoms with Crippen LogP contribution < -0.4 is 0 Å². The molecule has 0 saturated heterocycles. The second-order valence-corrected chi connectivity index (χ2v) is 6.31. The fourth-order valence-corrected chi connectivity index (χ4v) is 2.82. The van der Waals surface area contributed by atoms with E-state index >= 15 is 0 Å². The lowest BCUT2D eigenvalue weighted by atomic mass is 10.1. The Balaban J connectivity index is 1.89. The molecule has 2 aromatic rings. The Kier molecular flexibility index (Phi) is 4.16. The van der Waals surface area contributed by atoms with Crippen molar-refractivity contribution in [2.75, 3.05) is 0 Å². The molecule has 1 aliphatic rings. The van der Waals surface area contributed by atoms with Gasteiger partial charge in [-0.15, -0.1) is 0 Å². The zero-order chi connectivity index (χ0) is 15.7. The molecule has 0 unspecified atom stereocenters. The van der Waals surface area contributed by atoms with Crippen molar-refractivity contribution in [3.63, 3.8) is 0 Å². The number of carbonyl (C=O) groups excluding carboxylic acids is 1. The Morgan fingerprint density at radius 3 is 2.64 bits per heavy atom. The molecule has 1 fully saturated rings. The molecular formula is C18H19ClN2O. The van der Waals surface area contributed by atoms with Crippen LogP contribution in [0.15, 0.2) is 36.5 Å². The summed E-state index contributed by atoms with van der Waals surface area (Å²) in [5.74, 6) is 0.00116. The number of nitrogens with zero attached hydrogens (tertiary/aromatic N) is 2. The minimum Gasteiger partial charge on any atom is -0.330 e. The zero-order valence-electron chi connectivity index (χ0n) is 12.8. The minimum atomic E-state index is 0.00116. The number of aryl methyl sites for hydroxylation is 2. The van der Waals surface area contributed by atoms with Crippen LogP contribution in [0.25, 0.3) is 0 Å². The maximum atomic E-state index is 12.9. The van der Waals surface area contributed by atoms with Gasteiger partial charge in [-0.3, -0.25) is 9.78 Å². The highest BCUT2D eigenvalue weighted by Gasteiger charge is 2.34. The lowest BCUT2D eigenvalue weighted by molar-refractivity contribution is 0.0728. The Bertz CT molecular complexity index is 696. The van der Waals surface area contributed by atoms with Gasteiger partial charge >= 0.3 is 0 Å². The van der Waals surface area contributed by atoms with Gasteiger partial charge in [-0.25, -0.2) is 0 Å². The molecule has 0 N–H and O–H groups in total. The molecule has 0 radical (unpaired) electrons. The predicted octanol–water partition coefficient (Wildman–Crippen LogP) is 4.16. The fraction of sp³-hybridized carbons (Fsp3) is 0.333. The van der Waals surface area contributed by atoms with Crippen LogP contribution >= 0.6 is 11.6 Å². The van der Waals surface area contributed by atoms with Crippen molar-refractivity contribution in [3.05, 3.63) is 63.9 Å². The second kappa shape index (κ2) is 6.09. The van der Waals surface area contributed by atoms with E-state index in [4.69, 9.17) is 11.6 Å². The fourth-order valence-electron chi connectivity index (χ4n) is 2.52. The second-order valence-electron chi connectivity index (χ2n) is 5.90. The summed E-state index contributed by atoms with van der Waals surface area (Å²) >= 11 is 6.31. The molecule has 114 valence electrons. The van der Waals surface area contributed by atoms with Crippen LogP contribution in [-0.4, -0.2) is 21.8 Å². The summed E-state index contributed by atoms with van der Waals surface area (Å²) in [5.41, 5.74) is 3.68. The molecule has 0 aliphatic heterocycles. The summed E-state index contributed by atoms with van der Waals surface area (Å²) < 4.78 is 0. The number of amides is 1. The normalized spacial score (nSPS) is 14.0. The van der Waals surface area contributed by atoms with Gasteiger partial charge in [0.15, 0.2) is 0 Å². The molecule has 0 atom stereocenters. The van der Waals surface area contributed by atoms with Crippen LogP contribution in [0.5, 0.6) is 0 Å². The number of hydrogen-bond donors (Lipinski definition) is 0. The first kappa shape index (κ1) is 15.0. The van der Waals surface area contributed by atoms with Crippen LogP contribution in [-0.2, 0) is 6.54 Å². The average Bonchev–Trinajstić information content (AvgIpc) is 3.33. The number of carbonyl (C=O) groups is 1. The number of benzene rings is 1. The van der Waals surface area contributed by atoms with Crippen molar-refractivity contribution >= 4 is 17.5 Å². The van der Waals surface area contributed by atoms with E-state index < -0.39 is 0 Å². The first-order valence-corrected chi connectivity index (χ1v) is 7.91. The first-order valence-electron chi connectivity index (χ1n) is 7.54. The summed E-state index contributed by atoms with van der Waals surface area (Å²) in [6.07, 6.45) is 3.87. The van der Waals surface area contributed by atoms with Crippen molar-refractivity contribution < 1.29 is 4.79 Å². The van der Waals surface area contributed by atoms with Gasteiger partial charge in [0.25, 0.3) is 5.91 Å². The van der Waals surface area contributed by atoms with E-state index in [-0.39, 0.29) is 5.91 Å². The molecule has 1 aliphatic carbocycles. The van der Waals surface area contributed by atoms with Gasteiger partial charge in [-0.05, 0) is 62.1 Å². The number of aromatic nitrogens is 1. The van der Waals surface area contributed by atoms with Crippen LogP contribution in [0.2, 0.25) is 5.02 Å². The van der Waals surface area contributed by atoms with Crippen molar-refractivity contribution in [1.82, 2.24) is 9.88 Å². The van der Waals surface area contributed by atoms with Crippen LogP contribution in [0.1, 0.15) is 40.0 Å². The zero-order valence-corrected chi connectivity index (χ0v) is 13.6. The summed E-state index contributed by atoms with van der Waals surface area (Å²) in [7, 11) is 0. The van der Waals surface area contributed by atoms with E-state index in [1.54, 1.807) is 6.20 Å². The van der Waals surface area contributed by atoms with Gasteiger partial charge in [0, 0.05) is 12.2 Å². The topological polar surface area (TPSA) is 33.2 Å². The van der Waals surface area contributed by atoms with Gasteiger partial charge in [0.2, 0.25) is 0 Å². The Hall–Kier alpha value is -1.87. The highest BCUT2D eigenvalue weighted by Crippen LogP contribution is 2.31. The number of hydrogen-bond acceptors (Lipinski definition) is 2. The minimum absolute atomic E-state index is 0.00116. The molecule has 3 nitrogen and oxygen atoms in total. The lowest BCUT2D eigenvalue weighted by Crippen LogP contribution is -2.33. The summed E-state index contributed by atoms with van der Waals surface area (Å²) in [6.45, 7) is 4.54. The van der Waals surface area contributed by atoms with Gasteiger partial charge in [0.05, 0.1) is 22.8 Å². The van der Waals surface area contributed by atoms with Crippen molar-refractivity contribution in [2.24, 2.45) is 0 Å². The molecule has 1 heterocycles. The summed E-state index contributed by atoms with van der Waals surface area (Å²) in [4.78, 5) is 19.2. The highest BCUT2D eigenvalue weighted by molar-refractivity contribution is 6.34. The predicted molar refractivity (Wildman–Crippen MR) is 88.1 cm³/mol. The number of rotatable bonds is 4. The Morgan fingerprint density at radius 2 is 2.00 bits per heavy atom. The molecule has 0 spiro atoms. The molecular weight excluding hydrogens is 296 g/mol. The van der Waals surface area contributed by atoms with Crippen molar-refractivity contribution in [2.45, 2.75) is 39.3 Å². The standard InChI is InChI=1S/C18H19ClN2O/c1-12-9-16(17(19)10-13(12)2)18(22)21(15-6-7-15)11-14-5-3-4-8-20-14/h3-5,8-10,15H,6-7,11H2,1-2H3. The summed E-state index contributed by atoms with van der Waals surface area (Å²) in [6, 6.07) is 9.86. The van der Waals surface area contributed by atoms with Crippen LogP contribution in [0.3, 0.4) is 0 Å². The molecule has 1 amide bonds. The third kappa shape index (κ3) is 3.14. The molecule has 1 aromatic carbocycles. The van der Waals surface area contributed by atoms with Gasteiger partial charge in [0.1, 0.15) is 0 Å². The number of pyridine rings is 1. The Morgan fingerprint density at radius 1 is 1.27 bits per heavy atom. The van der Waals surface area contributed by atoms with Gasteiger partial charge in [-0.2, -0.15) is 0 Å². The lowest BCUT2D eigenvalue weighted by Gasteiger charge is -2.23. The van der Waals surface area contributed by atoms with E-state index in [9.17, 15) is 4.79 Å².